The van der Waals surface area contributed by atoms with Crippen LogP contribution >= 0.6 is 0 Å². The minimum atomic E-state index is 0.644. The van der Waals surface area contributed by atoms with Crippen LogP contribution in [0, 0.1) is 0 Å². The number of ether oxygens (including phenoxy) is 2. The Balaban J connectivity index is 2.00. The lowest BCUT2D eigenvalue weighted by Crippen LogP contribution is -2.12. The highest BCUT2D eigenvalue weighted by atomic mass is 16.5. The van der Waals surface area contributed by atoms with Gasteiger partial charge in [-0.25, -0.2) is 9.98 Å². The monoisotopic (exact) mass is 266 g/mol. The Morgan fingerprint density at radius 1 is 0.800 bits per heavy atom. The molecule has 100 valence electrons. The number of hydrogen-bond acceptors (Lipinski definition) is 4. The molecule has 2 aromatic rings. The number of nitrogens with zero attached hydrogens (tertiary/aromatic N) is 2. The quantitative estimate of drug-likeness (QED) is 0.837. The molecular formula is C16H14N2O2. The molecule has 0 atom stereocenters. The van der Waals surface area contributed by atoms with Crippen LogP contribution in [0.25, 0.3) is 10.8 Å². The van der Waals surface area contributed by atoms with Crippen LogP contribution in [-0.2, 0) is 9.47 Å². The molecule has 0 N–H and O–H groups in total. The predicted octanol–water partition coefficient (Wildman–Crippen LogP) is 2.39. The Labute approximate surface area is 116 Å². The first-order chi connectivity index (χ1) is 9.93. The first-order valence-electron chi connectivity index (χ1n) is 6.80. The van der Waals surface area contributed by atoms with Crippen molar-refractivity contribution in [3.05, 3.63) is 47.5 Å². The van der Waals surface area contributed by atoms with Crippen LogP contribution in [-0.4, -0.2) is 38.1 Å². The number of rotatable bonds is 2. The maximum Gasteiger partial charge on any atom is 0.217 e. The van der Waals surface area contributed by atoms with Gasteiger partial charge in [0.05, 0.1) is 18.7 Å². The van der Waals surface area contributed by atoms with Crippen LogP contribution in [0.15, 0.2) is 46.4 Å². The van der Waals surface area contributed by atoms with Crippen LogP contribution in [0.2, 0.25) is 0 Å². The summed E-state index contributed by atoms with van der Waals surface area (Å²) >= 11 is 0. The fourth-order valence-corrected chi connectivity index (χ4v) is 2.66. The predicted molar refractivity (Wildman–Crippen MR) is 78.7 cm³/mol. The van der Waals surface area contributed by atoms with E-state index in [2.05, 4.69) is 28.2 Å². The molecule has 0 amide bonds. The molecule has 2 aliphatic rings. The van der Waals surface area contributed by atoms with E-state index in [0.717, 1.165) is 23.1 Å². The third kappa shape index (κ3) is 1.76. The van der Waals surface area contributed by atoms with E-state index in [9.17, 15) is 0 Å². The Morgan fingerprint density at radius 2 is 1.55 bits per heavy atom. The van der Waals surface area contributed by atoms with E-state index < -0.39 is 0 Å². The maximum absolute atomic E-state index is 5.69. The van der Waals surface area contributed by atoms with Crippen LogP contribution < -0.4 is 0 Å². The standard InChI is InChI=1S/C16H14N2O2/c1-2-4-12-11(3-1)5-6-13(15-17-7-9-19-15)14(12)16-18-8-10-20-16/h1-6H,7-10H2. The molecule has 2 aliphatic heterocycles. The third-order valence-electron chi connectivity index (χ3n) is 3.54. The van der Waals surface area contributed by atoms with Gasteiger partial charge in [0.25, 0.3) is 0 Å². The summed E-state index contributed by atoms with van der Waals surface area (Å²) in [4.78, 5) is 8.90. The van der Waals surface area contributed by atoms with Crippen molar-refractivity contribution in [2.24, 2.45) is 9.98 Å². The highest BCUT2D eigenvalue weighted by Crippen LogP contribution is 2.26. The fraction of sp³-hybridized carbons (Fsp3) is 0.250. The molecule has 4 nitrogen and oxygen atoms in total. The molecule has 4 rings (SSSR count). The minimum Gasteiger partial charge on any atom is -0.475 e. The van der Waals surface area contributed by atoms with Gasteiger partial charge >= 0.3 is 0 Å². The second-order valence-electron chi connectivity index (χ2n) is 4.78. The smallest absolute Gasteiger partial charge is 0.217 e. The summed E-state index contributed by atoms with van der Waals surface area (Å²) in [6.45, 7) is 2.72. The summed E-state index contributed by atoms with van der Waals surface area (Å²) in [5.41, 5.74) is 1.98. The number of benzene rings is 2. The van der Waals surface area contributed by atoms with Crippen LogP contribution in [0.4, 0.5) is 0 Å². The van der Waals surface area contributed by atoms with Crippen molar-refractivity contribution in [3.63, 3.8) is 0 Å². The SMILES string of the molecule is c1ccc2c(C3=NCCO3)c(C3=NCCO3)ccc2c1. The number of fused-ring (bicyclic) bond motifs is 1. The Kier molecular flexibility index (Phi) is 2.66. The number of hydrogen-bond donors (Lipinski definition) is 0. The average Bonchev–Trinajstić information content (AvgIpc) is 3.19. The molecule has 0 fully saturated rings. The van der Waals surface area contributed by atoms with Gasteiger partial charge in [0.15, 0.2) is 0 Å². The summed E-state index contributed by atoms with van der Waals surface area (Å²) < 4.78 is 11.3. The molecule has 4 heteroatoms. The second kappa shape index (κ2) is 4.63. The molecule has 0 radical (unpaired) electrons. The van der Waals surface area contributed by atoms with Crippen LogP contribution in [0.3, 0.4) is 0 Å². The highest BCUT2D eigenvalue weighted by molar-refractivity contribution is 6.15. The molecular weight excluding hydrogens is 252 g/mol. The zero-order valence-electron chi connectivity index (χ0n) is 11.0. The largest absolute Gasteiger partial charge is 0.475 e. The molecule has 0 saturated heterocycles. The number of aliphatic imine (C=N–C) groups is 2. The van der Waals surface area contributed by atoms with Crippen molar-refractivity contribution < 1.29 is 9.47 Å². The van der Waals surface area contributed by atoms with E-state index in [1.807, 2.05) is 18.2 Å². The zero-order chi connectivity index (χ0) is 13.4. The summed E-state index contributed by atoms with van der Waals surface area (Å²) in [6.07, 6.45) is 0. The molecule has 0 aliphatic carbocycles. The van der Waals surface area contributed by atoms with Crippen molar-refractivity contribution in [1.29, 1.82) is 0 Å². The lowest BCUT2D eigenvalue weighted by Gasteiger charge is -2.12. The molecule has 0 aromatic heterocycles. The molecule has 0 spiro atoms. The lowest BCUT2D eigenvalue weighted by atomic mass is 9.98. The third-order valence-corrected chi connectivity index (χ3v) is 3.54. The summed E-state index contributed by atoms with van der Waals surface area (Å²) in [5.74, 6) is 1.40. The van der Waals surface area contributed by atoms with Gasteiger partial charge in [0, 0.05) is 5.56 Å². The van der Waals surface area contributed by atoms with Gasteiger partial charge in [0.2, 0.25) is 11.8 Å². The summed E-state index contributed by atoms with van der Waals surface area (Å²) in [7, 11) is 0. The molecule has 20 heavy (non-hydrogen) atoms. The minimum absolute atomic E-state index is 0.644. The molecule has 2 heterocycles. The van der Waals surface area contributed by atoms with Gasteiger partial charge in [-0.15, -0.1) is 0 Å². The van der Waals surface area contributed by atoms with E-state index in [-0.39, 0.29) is 0 Å². The topological polar surface area (TPSA) is 43.2 Å². The first-order valence-corrected chi connectivity index (χ1v) is 6.80. The summed E-state index contributed by atoms with van der Waals surface area (Å²) in [6, 6.07) is 12.4. The van der Waals surface area contributed by atoms with Gasteiger partial charge in [-0.1, -0.05) is 30.3 Å². The fourth-order valence-electron chi connectivity index (χ4n) is 2.66. The molecule has 2 aromatic carbocycles. The van der Waals surface area contributed by atoms with Crippen molar-refractivity contribution in [3.8, 4) is 0 Å². The van der Waals surface area contributed by atoms with Crippen molar-refractivity contribution in [1.82, 2.24) is 0 Å². The van der Waals surface area contributed by atoms with Gasteiger partial charge in [-0.05, 0) is 16.8 Å². The van der Waals surface area contributed by atoms with Crippen molar-refractivity contribution >= 4 is 22.6 Å². The van der Waals surface area contributed by atoms with E-state index >= 15 is 0 Å². The zero-order valence-corrected chi connectivity index (χ0v) is 11.0. The first kappa shape index (κ1) is 11.5. The second-order valence-corrected chi connectivity index (χ2v) is 4.78. The Morgan fingerprint density at radius 3 is 2.30 bits per heavy atom. The average molecular weight is 266 g/mol. The van der Waals surface area contributed by atoms with Crippen LogP contribution in [0.5, 0.6) is 0 Å². The molecule has 0 saturated carbocycles. The van der Waals surface area contributed by atoms with Crippen molar-refractivity contribution in [2.75, 3.05) is 26.3 Å². The molecule has 0 unspecified atom stereocenters. The maximum atomic E-state index is 5.69. The van der Waals surface area contributed by atoms with E-state index in [1.165, 1.54) is 5.39 Å². The van der Waals surface area contributed by atoms with E-state index in [4.69, 9.17) is 9.47 Å². The lowest BCUT2D eigenvalue weighted by molar-refractivity contribution is 0.344. The van der Waals surface area contributed by atoms with Gasteiger partial charge < -0.3 is 9.47 Å². The Bertz CT molecular complexity index is 734. The summed E-state index contributed by atoms with van der Waals surface area (Å²) in [5, 5.41) is 2.30. The van der Waals surface area contributed by atoms with E-state index in [0.29, 0.717) is 31.6 Å². The van der Waals surface area contributed by atoms with Gasteiger partial charge in [-0.3, -0.25) is 0 Å². The van der Waals surface area contributed by atoms with Crippen LogP contribution in [0.1, 0.15) is 11.1 Å². The van der Waals surface area contributed by atoms with Gasteiger partial charge in [-0.2, -0.15) is 0 Å². The molecule has 0 bridgehead atoms. The highest BCUT2D eigenvalue weighted by Gasteiger charge is 2.23. The van der Waals surface area contributed by atoms with Crippen molar-refractivity contribution in [2.45, 2.75) is 0 Å². The Hall–Kier alpha value is -2.36. The van der Waals surface area contributed by atoms with E-state index in [1.54, 1.807) is 0 Å². The normalized spacial score (nSPS) is 17.6. The van der Waals surface area contributed by atoms with Gasteiger partial charge in [0.1, 0.15) is 13.2 Å².